The summed E-state index contributed by atoms with van der Waals surface area (Å²) in [5.41, 5.74) is 1.03. The fourth-order valence-corrected chi connectivity index (χ4v) is 2.11. The van der Waals surface area contributed by atoms with Crippen molar-refractivity contribution in [3.05, 3.63) is 58.1 Å². The molecule has 5 nitrogen and oxygen atoms in total. The predicted octanol–water partition coefficient (Wildman–Crippen LogP) is 3.49. The molecule has 6 heteroatoms. The van der Waals surface area contributed by atoms with Gasteiger partial charge in [0.25, 0.3) is 0 Å². The first-order chi connectivity index (χ1) is 10.2. The van der Waals surface area contributed by atoms with Gasteiger partial charge in [0, 0.05) is 10.0 Å². The standard InChI is InChI=1S/C15H12BrNO4/c1-20-13-7-11(9-17-19)12(16)8-14(13)21-15(18)10-5-3-2-4-6-10/h2-9,19H,1H3/b17-9+. The molecule has 0 radical (unpaired) electrons. The van der Waals surface area contributed by atoms with Gasteiger partial charge in [-0.3, -0.25) is 0 Å². The fourth-order valence-electron chi connectivity index (χ4n) is 1.68. The number of ether oxygens (including phenoxy) is 2. The van der Waals surface area contributed by atoms with Crippen LogP contribution in [0.15, 0.2) is 52.1 Å². The second-order valence-electron chi connectivity index (χ2n) is 4.02. The van der Waals surface area contributed by atoms with E-state index in [1.807, 2.05) is 6.07 Å². The van der Waals surface area contributed by atoms with Crippen molar-refractivity contribution in [2.75, 3.05) is 7.11 Å². The van der Waals surface area contributed by atoms with Crippen LogP contribution in [-0.2, 0) is 0 Å². The van der Waals surface area contributed by atoms with Crippen LogP contribution < -0.4 is 9.47 Å². The van der Waals surface area contributed by atoms with Gasteiger partial charge in [-0.1, -0.05) is 23.4 Å². The molecule has 0 saturated heterocycles. The molecular weight excluding hydrogens is 338 g/mol. The van der Waals surface area contributed by atoms with E-state index in [-0.39, 0.29) is 5.75 Å². The van der Waals surface area contributed by atoms with E-state index in [9.17, 15) is 4.79 Å². The van der Waals surface area contributed by atoms with Crippen molar-refractivity contribution < 1.29 is 19.5 Å². The lowest BCUT2D eigenvalue weighted by molar-refractivity contribution is 0.0729. The summed E-state index contributed by atoms with van der Waals surface area (Å²) in [6.07, 6.45) is 1.25. The zero-order chi connectivity index (χ0) is 15.2. The molecule has 0 spiro atoms. The Bertz CT molecular complexity index is 671. The van der Waals surface area contributed by atoms with Crippen LogP contribution in [-0.4, -0.2) is 24.5 Å². The molecule has 2 rings (SSSR count). The summed E-state index contributed by atoms with van der Waals surface area (Å²) in [6, 6.07) is 11.8. The Kier molecular flexibility index (Phi) is 4.94. The normalized spacial score (nSPS) is 10.6. The Balaban J connectivity index is 2.31. The van der Waals surface area contributed by atoms with Crippen molar-refractivity contribution in [1.29, 1.82) is 0 Å². The zero-order valence-electron chi connectivity index (χ0n) is 11.1. The molecule has 0 aromatic heterocycles. The van der Waals surface area contributed by atoms with Crippen LogP contribution in [0.4, 0.5) is 0 Å². The van der Waals surface area contributed by atoms with E-state index in [0.717, 1.165) is 0 Å². The van der Waals surface area contributed by atoms with E-state index < -0.39 is 5.97 Å². The van der Waals surface area contributed by atoms with Gasteiger partial charge in [-0.15, -0.1) is 0 Å². The number of oxime groups is 1. The lowest BCUT2D eigenvalue weighted by Crippen LogP contribution is -2.09. The van der Waals surface area contributed by atoms with E-state index >= 15 is 0 Å². The number of hydrogen-bond donors (Lipinski definition) is 1. The van der Waals surface area contributed by atoms with Crippen LogP contribution in [0.25, 0.3) is 0 Å². The number of benzene rings is 2. The molecule has 0 saturated carbocycles. The van der Waals surface area contributed by atoms with Gasteiger partial charge < -0.3 is 14.7 Å². The molecule has 108 valence electrons. The molecule has 0 unspecified atom stereocenters. The molecule has 2 aromatic rings. The van der Waals surface area contributed by atoms with Crippen LogP contribution in [0.5, 0.6) is 11.5 Å². The van der Waals surface area contributed by atoms with Crippen molar-refractivity contribution in [1.82, 2.24) is 0 Å². The summed E-state index contributed by atoms with van der Waals surface area (Å²) in [5.74, 6) is 0.148. The topological polar surface area (TPSA) is 68.1 Å². The maximum Gasteiger partial charge on any atom is 0.343 e. The number of carbonyl (C=O) groups excluding carboxylic acids is 1. The van der Waals surface area contributed by atoms with Gasteiger partial charge >= 0.3 is 5.97 Å². The minimum absolute atomic E-state index is 0.272. The van der Waals surface area contributed by atoms with Crippen molar-refractivity contribution in [3.63, 3.8) is 0 Å². The monoisotopic (exact) mass is 349 g/mol. The van der Waals surface area contributed by atoms with Gasteiger partial charge in [0.05, 0.1) is 18.9 Å². The van der Waals surface area contributed by atoms with Gasteiger partial charge in [0.1, 0.15) is 0 Å². The maximum atomic E-state index is 12.0. The van der Waals surface area contributed by atoms with Gasteiger partial charge in [-0.2, -0.15) is 0 Å². The first-order valence-electron chi connectivity index (χ1n) is 5.98. The summed E-state index contributed by atoms with van der Waals surface area (Å²) in [6.45, 7) is 0. The number of esters is 1. The third kappa shape index (κ3) is 3.61. The van der Waals surface area contributed by atoms with Crippen LogP contribution in [0, 0.1) is 0 Å². The molecule has 21 heavy (non-hydrogen) atoms. The Morgan fingerprint density at radius 2 is 1.95 bits per heavy atom. The minimum atomic E-state index is -0.482. The molecule has 0 aliphatic carbocycles. The fraction of sp³-hybridized carbons (Fsp3) is 0.0667. The molecule has 0 fully saturated rings. The lowest BCUT2D eigenvalue weighted by Gasteiger charge is -2.11. The van der Waals surface area contributed by atoms with E-state index in [4.69, 9.17) is 14.7 Å². The number of methoxy groups -OCH3 is 1. The van der Waals surface area contributed by atoms with Crippen LogP contribution in [0.3, 0.4) is 0 Å². The first kappa shape index (κ1) is 15.1. The van der Waals surface area contributed by atoms with Gasteiger partial charge in [0.2, 0.25) is 0 Å². The predicted molar refractivity (Wildman–Crippen MR) is 81.5 cm³/mol. The average Bonchev–Trinajstić information content (AvgIpc) is 2.51. The van der Waals surface area contributed by atoms with Crippen LogP contribution >= 0.6 is 15.9 Å². The third-order valence-corrected chi connectivity index (χ3v) is 3.38. The molecule has 0 atom stereocenters. The molecule has 0 amide bonds. The molecule has 0 aliphatic heterocycles. The number of rotatable bonds is 4. The highest BCUT2D eigenvalue weighted by Gasteiger charge is 2.14. The molecule has 0 bridgehead atoms. The van der Waals surface area contributed by atoms with E-state index in [1.54, 1.807) is 36.4 Å². The maximum absolute atomic E-state index is 12.0. The summed E-state index contributed by atoms with van der Waals surface area (Å²) >= 11 is 3.31. The van der Waals surface area contributed by atoms with Crippen molar-refractivity contribution in [2.24, 2.45) is 5.16 Å². The second kappa shape index (κ2) is 6.90. The van der Waals surface area contributed by atoms with Crippen molar-refractivity contribution in [2.45, 2.75) is 0 Å². The van der Waals surface area contributed by atoms with E-state index in [1.165, 1.54) is 13.3 Å². The molecule has 0 aliphatic rings. The molecule has 0 heterocycles. The average molecular weight is 350 g/mol. The third-order valence-electron chi connectivity index (χ3n) is 2.69. The highest BCUT2D eigenvalue weighted by molar-refractivity contribution is 9.10. The van der Waals surface area contributed by atoms with E-state index in [0.29, 0.717) is 21.3 Å². The van der Waals surface area contributed by atoms with Gasteiger partial charge in [-0.25, -0.2) is 4.79 Å². The SMILES string of the molecule is COc1cc(/C=N/O)c(Br)cc1OC(=O)c1ccccc1. The number of carbonyl (C=O) groups is 1. The Hall–Kier alpha value is -2.34. The highest BCUT2D eigenvalue weighted by atomic mass is 79.9. The largest absolute Gasteiger partial charge is 0.493 e. The van der Waals surface area contributed by atoms with Crippen LogP contribution in [0.1, 0.15) is 15.9 Å². The van der Waals surface area contributed by atoms with Crippen LogP contribution in [0.2, 0.25) is 0 Å². The first-order valence-corrected chi connectivity index (χ1v) is 6.77. The molecular formula is C15H12BrNO4. The number of hydrogen-bond acceptors (Lipinski definition) is 5. The number of nitrogens with zero attached hydrogens (tertiary/aromatic N) is 1. The Morgan fingerprint density at radius 1 is 1.24 bits per heavy atom. The molecule has 1 N–H and O–H groups in total. The second-order valence-corrected chi connectivity index (χ2v) is 4.88. The smallest absolute Gasteiger partial charge is 0.343 e. The van der Waals surface area contributed by atoms with Crippen molar-refractivity contribution in [3.8, 4) is 11.5 Å². The quantitative estimate of drug-likeness (QED) is 0.301. The van der Waals surface area contributed by atoms with Crippen molar-refractivity contribution >= 4 is 28.1 Å². The van der Waals surface area contributed by atoms with Gasteiger partial charge in [-0.05, 0) is 40.2 Å². The zero-order valence-corrected chi connectivity index (χ0v) is 12.7. The highest BCUT2D eigenvalue weighted by Crippen LogP contribution is 2.33. The Morgan fingerprint density at radius 3 is 2.57 bits per heavy atom. The number of halogens is 1. The minimum Gasteiger partial charge on any atom is -0.493 e. The summed E-state index contributed by atoms with van der Waals surface area (Å²) in [5, 5.41) is 11.6. The summed E-state index contributed by atoms with van der Waals surface area (Å²) in [7, 11) is 1.46. The lowest BCUT2D eigenvalue weighted by atomic mass is 10.2. The molecule has 2 aromatic carbocycles. The Labute approximate surface area is 129 Å². The van der Waals surface area contributed by atoms with Gasteiger partial charge in [0.15, 0.2) is 11.5 Å². The van der Waals surface area contributed by atoms with E-state index in [2.05, 4.69) is 21.1 Å². The summed E-state index contributed by atoms with van der Waals surface area (Å²) < 4.78 is 11.1. The summed E-state index contributed by atoms with van der Waals surface area (Å²) in [4.78, 5) is 12.0.